The number of rotatable bonds is 5. The number of thioether (sulfide) groups is 1. The molecule has 1 amide bonds. The van der Waals surface area contributed by atoms with E-state index in [2.05, 4.69) is 20.5 Å². The van der Waals surface area contributed by atoms with Gasteiger partial charge in [-0.3, -0.25) is 9.89 Å². The van der Waals surface area contributed by atoms with Crippen LogP contribution in [0.2, 0.25) is 0 Å². The highest BCUT2D eigenvalue weighted by molar-refractivity contribution is 7.99. The van der Waals surface area contributed by atoms with Crippen LogP contribution in [0.4, 0.5) is 5.69 Å². The van der Waals surface area contributed by atoms with E-state index in [-0.39, 0.29) is 11.7 Å². The molecule has 122 valence electrons. The first-order chi connectivity index (χ1) is 11.6. The Morgan fingerprint density at radius 3 is 2.67 bits per heavy atom. The molecular weight excluding hydrogens is 320 g/mol. The molecule has 0 saturated carbocycles. The molecule has 1 aromatic heterocycles. The van der Waals surface area contributed by atoms with Crippen molar-refractivity contribution in [2.45, 2.75) is 19.0 Å². The Labute approximate surface area is 144 Å². The Morgan fingerprint density at radius 1 is 1.12 bits per heavy atom. The van der Waals surface area contributed by atoms with E-state index < -0.39 is 0 Å². The van der Waals surface area contributed by atoms with Gasteiger partial charge in [-0.1, -0.05) is 48.2 Å². The van der Waals surface area contributed by atoms with Crippen molar-refractivity contribution >= 4 is 23.4 Å². The van der Waals surface area contributed by atoms with Crippen LogP contribution in [0.15, 0.2) is 53.7 Å². The van der Waals surface area contributed by atoms with Gasteiger partial charge >= 0.3 is 0 Å². The summed E-state index contributed by atoms with van der Waals surface area (Å²) in [6, 6.07) is 15.6. The summed E-state index contributed by atoms with van der Waals surface area (Å²) in [6.07, 6.45) is 0. The van der Waals surface area contributed by atoms with E-state index in [1.165, 1.54) is 17.3 Å². The van der Waals surface area contributed by atoms with Crippen LogP contribution >= 0.6 is 11.8 Å². The number of nitrogens with one attached hydrogen (secondary N) is 2. The Balaban J connectivity index is 1.56. The van der Waals surface area contributed by atoms with Gasteiger partial charge in [0.2, 0.25) is 11.1 Å². The van der Waals surface area contributed by atoms with Gasteiger partial charge in [0.1, 0.15) is 0 Å². The lowest BCUT2D eigenvalue weighted by Gasteiger charge is -2.06. The number of carbonyl (C=O) groups is 1. The molecule has 1 heterocycles. The molecule has 2 aromatic carbocycles. The molecule has 2 N–H and O–H groups in total. The minimum atomic E-state index is -0.0747. The number of hydrogen-bond acceptors (Lipinski definition) is 4. The Bertz CT molecular complexity index is 845. The van der Waals surface area contributed by atoms with Crippen molar-refractivity contribution in [3.63, 3.8) is 0 Å². The fourth-order valence-electron chi connectivity index (χ4n) is 2.18. The van der Waals surface area contributed by atoms with Gasteiger partial charge in [-0.25, -0.2) is 4.98 Å². The third-order valence-electron chi connectivity index (χ3n) is 3.64. The molecular formula is C18H18N4OS. The van der Waals surface area contributed by atoms with E-state index in [9.17, 15) is 4.79 Å². The number of benzene rings is 2. The molecule has 0 saturated heterocycles. The second-order valence-electron chi connectivity index (χ2n) is 5.47. The molecule has 0 aliphatic carbocycles. The van der Waals surface area contributed by atoms with Gasteiger partial charge < -0.3 is 5.32 Å². The van der Waals surface area contributed by atoms with Gasteiger partial charge in [-0.2, -0.15) is 0 Å². The van der Waals surface area contributed by atoms with Gasteiger partial charge in [0.05, 0.1) is 5.75 Å². The fraction of sp³-hybridized carbons (Fsp3) is 0.167. The molecule has 0 bridgehead atoms. The van der Waals surface area contributed by atoms with Crippen molar-refractivity contribution in [1.29, 1.82) is 0 Å². The number of amides is 1. The highest BCUT2D eigenvalue weighted by Crippen LogP contribution is 2.19. The van der Waals surface area contributed by atoms with Crippen molar-refractivity contribution in [2.24, 2.45) is 0 Å². The lowest BCUT2D eigenvalue weighted by molar-refractivity contribution is -0.113. The number of aromatic nitrogens is 3. The summed E-state index contributed by atoms with van der Waals surface area (Å²) in [6.45, 7) is 4.07. The lowest BCUT2D eigenvalue weighted by Crippen LogP contribution is -2.14. The van der Waals surface area contributed by atoms with Crippen molar-refractivity contribution < 1.29 is 4.79 Å². The zero-order chi connectivity index (χ0) is 16.9. The third kappa shape index (κ3) is 4.02. The quantitative estimate of drug-likeness (QED) is 0.694. The van der Waals surface area contributed by atoms with Gasteiger partial charge in [-0.05, 0) is 37.1 Å². The second kappa shape index (κ2) is 7.31. The number of carbonyl (C=O) groups excluding carboxylic acids is 1. The number of nitrogens with zero attached hydrogens (tertiary/aromatic N) is 2. The first-order valence-corrected chi connectivity index (χ1v) is 8.58. The van der Waals surface area contributed by atoms with Crippen molar-refractivity contribution in [3.05, 3.63) is 59.7 Å². The second-order valence-corrected chi connectivity index (χ2v) is 6.41. The van der Waals surface area contributed by atoms with Crippen LogP contribution < -0.4 is 5.32 Å². The number of aryl methyl sites for hydroxylation is 2. The maximum atomic E-state index is 12.1. The van der Waals surface area contributed by atoms with Crippen LogP contribution in [0, 0.1) is 13.8 Å². The molecule has 5 nitrogen and oxygen atoms in total. The number of hydrogen-bond donors (Lipinski definition) is 2. The summed E-state index contributed by atoms with van der Waals surface area (Å²) >= 11 is 1.31. The van der Waals surface area contributed by atoms with Crippen molar-refractivity contribution in [1.82, 2.24) is 15.2 Å². The monoisotopic (exact) mass is 338 g/mol. The van der Waals surface area contributed by atoms with Crippen LogP contribution in [-0.4, -0.2) is 26.8 Å². The third-order valence-corrected chi connectivity index (χ3v) is 4.48. The number of aromatic amines is 1. The van der Waals surface area contributed by atoms with Crippen LogP contribution in [-0.2, 0) is 4.79 Å². The predicted octanol–water partition coefficient (Wildman–Crippen LogP) is 3.82. The topological polar surface area (TPSA) is 70.7 Å². The van der Waals surface area contributed by atoms with E-state index in [0.29, 0.717) is 11.0 Å². The summed E-state index contributed by atoms with van der Waals surface area (Å²) < 4.78 is 0. The van der Waals surface area contributed by atoms with E-state index in [1.807, 2.05) is 62.4 Å². The van der Waals surface area contributed by atoms with E-state index in [1.54, 1.807) is 0 Å². The van der Waals surface area contributed by atoms with Gasteiger partial charge in [0, 0.05) is 11.3 Å². The molecule has 0 aliphatic heterocycles. The highest BCUT2D eigenvalue weighted by atomic mass is 32.2. The average Bonchev–Trinajstić information content (AvgIpc) is 3.06. The normalized spacial score (nSPS) is 10.6. The molecule has 0 radical (unpaired) electrons. The largest absolute Gasteiger partial charge is 0.325 e. The van der Waals surface area contributed by atoms with E-state index in [0.717, 1.165) is 16.8 Å². The highest BCUT2D eigenvalue weighted by Gasteiger charge is 2.09. The van der Waals surface area contributed by atoms with Crippen LogP contribution in [0.25, 0.3) is 11.4 Å². The van der Waals surface area contributed by atoms with Gasteiger partial charge in [0.15, 0.2) is 5.82 Å². The Hall–Kier alpha value is -2.60. The Kier molecular flexibility index (Phi) is 4.96. The van der Waals surface area contributed by atoms with Crippen LogP contribution in [0.5, 0.6) is 0 Å². The van der Waals surface area contributed by atoms with E-state index in [4.69, 9.17) is 0 Å². The summed E-state index contributed by atoms with van der Waals surface area (Å²) in [7, 11) is 0. The number of anilines is 1. The van der Waals surface area contributed by atoms with Crippen LogP contribution in [0.3, 0.4) is 0 Å². The lowest BCUT2D eigenvalue weighted by atomic mass is 10.1. The smallest absolute Gasteiger partial charge is 0.234 e. The molecule has 24 heavy (non-hydrogen) atoms. The average molecular weight is 338 g/mol. The first kappa shape index (κ1) is 16.3. The molecule has 0 spiro atoms. The van der Waals surface area contributed by atoms with Crippen molar-refractivity contribution in [3.8, 4) is 11.4 Å². The molecule has 0 aliphatic rings. The molecule has 0 atom stereocenters. The van der Waals surface area contributed by atoms with Gasteiger partial charge in [0.25, 0.3) is 0 Å². The summed E-state index contributed by atoms with van der Waals surface area (Å²) in [4.78, 5) is 16.5. The standard InChI is InChI=1S/C18H18N4OS/c1-12-8-9-15(10-13(12)2)19-16(23)11-24-18-20-17(21-22-18)14-6-4-3-5-7-14/h3-10H,11H2,1-2H3,(H,19,23)(H,20,21,22). The zero-order valence-electron chi connectivity index (χ0n) is 13.5. The molecule has 6 heteroatoms. The molecule has 0 fully saturated rings. The minimum absolute atomic E-state index is 0.0747. The fourth-order valence-corrected chi connectivity index (χ4v) is 2.78. The summed E-state index contributed by atoms with van der Waals surface area (Å²) in [5.41, 5.74) is 4.14. The summed E-state index contributed by atoms with van der Waals surface area (Å²) in [5, 5.41) is 10.5. The van der Waals surface area contributed by atoms with Crippen molar-refractivity contribution in [2.75, 3.05) is 11.1 Å². The SMILES string of the molecule is Cc1ccc(NC(=O)CSc2n[nH]c(-c3ccccc3)n2)cc1C. The minimum Gasteiger partial charge on any atom is -0.325 e. The number of H-pyrrole nitrogens is 1. The molecule has 3 rings (SSSR count). The maximum Gasteiger partial charge on any atom is 0.234 e. The van der Waals surface area contributed by atoms with Gasteiger partial charge in [-0.15, -0.1) is 5.10 Å². The maximum absolute atomic E-state index is 12.1. The predicted molar refractivity (Wildman–Crippen MR) is 97.1 cm³/mol. The van der Waals surface area contributed by atoms with Crippen LogP contribution in [0.1, 0.15) is 11.1 Å². The zero-order valence-corrected chi connectivity index (χ0v) is 14.4. The first-order valence-electron chi connectivity index (χ1n) is 7.59. The summed E-state index contributed by atoms with van der Waals surface area (Å²) in [5.74, 6) is 0.890. The van der Waals surface area contributed by atoms with E-state index >= 15 is 0 Å². The molecule has 0 unspecified atom stereocenters. The molecule has 3 aromatic rings. The Morgan fingerprint density at radius 2 is 1.92 bits per heavy atom.